The molecule has 0 spiro atoms. The molecule has 0 aromatic heterocycles. The maximum atomic E-state index is 2.68. The molecule has 0 aliphatic heterocycles. The van der Waals surface area contributed by atoms with Crippen molar-refractivity contribution in [3.8, 4) is 22.3 Å². The van der Waals surface area contributed by atoms with E-state index in [9.17, 15) is 0 Å². The Kier molecular flexibility index (Phi) is 12.4. The number of benzene rings is 4. The van der Waals surface area contributed by atoms with Crippen LogP contribution in [0.3, 0.4) is 0 Å². The Balaban J connectivity index is 0.00000451. The molecule has 0 bridgehead atoms. The van der Waals surface area contributed by atoms with Gasteiger partial charge in [-0.3, -0.25) is 0 Å². The smallest absolute Gasteiger partial charge is 0.158 e. The molecule has 0 amide bonds. The van der Waals surface area contributed by atoms with Gasteiger partial charge in [-0.1, -0.05) is 161 Å². The second kappa shape index (κ2) is 16.3. The molecule has 0 unspecified atom stereocenters. The molecule has 48 heavy (non-hydrogen) atoms. The number of unbranched alkanes of at least 4 members (excludes halogenated alkanes) is 6. The van der Waals surface area contributed by atoms with Gasteiger partial charge in [-0.2, -0.15) is 10.4 Å². The van der Waals surface area contributed by atoms with Gasteiger partial charge in [-0.15, -0.1) is 69.1 Å². The van der Waals surface area contributed by atoms with Gasteiger partial charge in [0.25, 0.3) is 0 Å². The Morgan fingerprint density at radius 2 is 0.896 bits per heavy atom. The molecule has 0 N–H and O–H groups in total. The summed E-state index contributed by atoms with van der Waals surface area (Å²) in [6.07, 6.45) is 12.7. The minimum absolute atomic E-state index is 0. The molecule has 6 aromatic rings. The van der Waals surface area contributed by atoms with E-state index in [2.05, 4.69) is 138 Å². The molecule has 6 rings (SSSR count). The zero-order valence-electron chi connectivity index (χ0n) is 30.3. The second-order valence-electron chi connectivity index (χ2n) is 14.6. The molecule has 0 heterocycles. The van der Waals surface area contributed by atoms with E-state index in [0.717, 1.165) is 0 Å². The summed E-state index contributed by atoms with van der Waals surface area (Å²) in [5.74, 6) is 0. The van der Waals surface area contributed by atoms with Crippen LogP contribution in [0, 0.1) is 13.8 Å². The number of aryl methyl sites for hydroxylation is 4. The molecule has 0 aliphatic rings. The summed E-state index contributed by atoms with van der Waals surface area (Å²) in [4.78, 5) is 0. The summed E-state index contributed by atoms with van der Waals surface area (Å²) >= 11 is 0. The van der Waals surface area contributed by atoms with Crippen LogP contribution in [0.1, 0.15) is 87.5 Å². The zero-order chi connectivity index (χ0) is 33.0. The van der Waals surface area contributed by atoms with Crippen molar-refractivity contribution < 1.29 is 26.2 Å². The molecule has 0 radical (unpaired) electrons. The van der Waals surface area contributed by atoms with Gasteiger partial charge < -0.3 is 0 Å². The summed E-state index contributed by atoms with van der Waals surface area (Å²) < 4.78 is 0. The first-order valence-corrected chi connectivity index (χ1v) is 21.4. The van der Waals surface area contributed by atoms with Crippen molar-refractivity contribution in [3.05, 3.63) is 119 Å². The molecule has 0 saturated carbocycles. The molecule has 0 fully saturated rings. The Bertz CT molecular complexity index is 1790. The maximum absolute atomic E-state index is 2.68. The molecule has 2 heteroatoms. The first kappa shape index (κ1) is 36.5. The van der Waals surface area contributed by atoms with Gasteiger partial charge in [-0.05, 0) is 37.8 Å². The first-order chi connectivity index (χ1) is 22.8. The SMILES string of the molecule is CCCCCCc1[cH-]c2cccc(-c3ccc(C)cc3)c2c1[Si](C)(C)c1c(CCCCCC)[cH-]c2cccc(-c3ccc(C)cc3)c12.[Zr+2]. The summed E-state index contributed by atoms with van der Waals surface area (Å²) in [5.41, 5.74) is 11.3. The Labute approximate surface area is 310 Å². The van der Waals surface area contributed by atoms with Gasteiger partial charge in [0, 0.05) is 8.07 Å². The van der Waals surface area contributed by atoms with Gasteiger partial charge in [0.2, 0.25) is 0 Å². The van der Waals surface area contributed by atoms with E-state index in [1.54, 1.807) is 21.5 Å². The minimum Gasteiger partial charge on any atom is -0.158 e. The van der Waals surface area contributed by atoms with Crippen LogP contribution < -0.4 is 10.4 Å². The molecule has 0 atom stereocenters. The third-order valence-corrected chi connectivity index (χ3v) is 14.2. The topological polar surface area (TPSA) is 0 Å². The second-order valence-corrected chi connectivity index (χ2v) is 18.9. The van der Waals surface area contributed by atoms with Crippen LogP contribution in [0.15, 0.2) is 97.1 Å². The van der Waals surface area contributed by atoms with Crippen LogP contribution in [0.2, 0.25) is 13.1 Å². The van der Waals surface area contributed by atoms with Crippen molar-refractivity contribution in [3.63, 3.8) is 0 Å². The summed E-state index contributed by atoms with van der Waals surface area (Å²) in [6.45, 7) is 14.4. The number of hydrogen-bond acceptors (Lipinski definition) is 0. The van der Waals surface area contributed by atoms with E-state index in [4.69, 9.17) is 0 Å². The standard InChI is InChI=1S/C46H54Si.Zr/c1-7-9-11-13-17-39-31-37-19-15-21-41(35-27-23-33(3)24-28-35)43(37)45(39)47(5,6)46-40(18-14-12-10-8-2)32-38-20-16-22-42(44(38)46)36-29-25-34(4)26-30-36;/h15-16,19-32H,7-14,17-18H2,1-6H3;/q-2;+2. The van der Waals surface area contributed by atoms with E-state index < -0.39 is 8.07 Å². The van der Waals surface area contributed by atoms with Crippen LogP contribution in [0.25, 0.3) is 43.8 Å². The van der Waals surface area contributed by atoms with Crippen molar-refractivity contribution in [2.24, 2.45) is 0 Å². The van der Waals surface area contributed by atoms with Gasteiger partial charge in [-0.25, -0.2) is 0 Å². The molecular formula is C46H54SiZr. The van der Waals surface area contributed by atoms with E-state index in [-0.39, 0.29) is 26.2 Å². The fourth-order valence-electron chi connectivity index (χ4n) is 8.16. The van der Waals surface area contributed by atoms with Gasteiger partial charge in [0.1, 0.15) is 0 Å². The summed E-state index contributed by atoms with van der Waals surface area (Å²) in [7, 11) is -2.26. The Morgan fingerprint density at radius 1 is 0.500 bits per heavy atom. The molecule has 0 saturated heterocycles. The predicted molar refractivity (Wildman–Crippen MR) is 212 cm³/mol. The summed E-state index contributed by atoms with van der Waals surface area (Å²) in [5, 5.41) is 9.23. The van der Waals surface area contributed by atoms with Crippen molar-refractivity contribution in [2.75, 3.05) is 0 Å². The monoisotopic (exact) mass is 724 g/mol. The zero-order valence-corrected chi connectivity index (χ0v) is 33.8. The largest absolute Gasteiger partial charge is 2.00 e. The van der Waals surface area contributed by atoms with Crippen LogP contribution >= 0.6 is 0 Å². The van der Waals surface area contributed by atoms with Crippen LogP contribution in [-0.4, -0.2) is 8.07 Å². The number of hydrogen-bond donors (Lipinski definition) is 0. The van der Waals surface area contributed by atoms with Crippen molar-refractivity contribution >= 4 is 40.0 Å². The Morgan fingerprint density at radius 3 is 1.27 bits per heavy atom. The van der Waals surface area contributed by atoms with Crippen molar-refractivity contribution in [1.29, 1.82) is 0 Å². The fraction of sp³-hybridized carbons (Fsp3) is 0.348. The van der Waals surface area contributed by atoms with E-state index in [0.29, 0.717) is 0 Å². The fourth-order valence-corrected chi connectivity index (χ4v) is 12.2. The van der Waals surface area contributed by atoms with E-state index in [1.807, 2.05) is 0 Å². The Hall–Kier alpha value is -2.80. The van der Waals surface area contributed by atoms with Crippen molar-refractivity contribution in [2.45, 2.75) is 105 Å². The maximum Gasteiger partial charge on any atom is 2.00 e. The number of rotatable bonds is 14. The normalized spacial score (nSPS) is 11.8. The van der Waals surface area contributed by atoms with Gasteiger partial charge >= 0.3 is 26.2 Å². The summed E-state index contributed by atoms with van der Waals surface area (Å²) in [6, 6.07) is 37.7. The molecule has 0 nitrogen and oxygen atoms in total. The number of fused-ring (bicyclic) bond motifs is 2. The molecule has 0 aliphatic carbocycles. The van der Waals surface area contributed by atoms with E-state index in [1.165, 1.54) is 119 Å². The molecule has 246 valence electrons. The first-order valence-electron chi connectivity index (χ1n) is 18.4. The van der Waals surface area contributed by atoms with Crippen LogP contribution in [0.5, 0.6) is 0 Å². The average Bonchev–Trinajstić information content (AvgIpc) is 3.65. The van der Waals surface area contributed by atoms with E-state index >= 15 is 0 Å². The predicted octanol–water partition coefficient (Wildman–Crippen LogP) is 12.4. The third-order valence-electron chi connectivity index (χ3n) is 10.6. The van der Waals surface area contributed by atoms with Gasteiger partial charge in [0.05, 0.1) is 0 Å². The third kappa shape index (κ3) is 7.51. The quantitative estimate of drug-likeness (QED) is 0.0596. The van der Waals surface area contributed by atoms with Crippen LogP contribution in [-0.2, 0) is 39.0 Å². The molecular weight excluding hydrogens is 672 g/mol. The van der Waals surface area contributed by atoms with Crippen molar-refractivity contribution in [1.82, 2.24) is 0 Å². The average molecular weight is 726 g/mol. The van der Waals surface area contributed by atoms with Crippen LogP contribution in [0.4, 0.5) is 0 Å². The minimum atomic E-state index is -2.26. The molecule has 6 aromatic carbocycles. The van der Waals surface area contributed by atoms with Gasteiger partial charge in [0.15, 0.2) is 0 Å².